The second-order valence-electron chi connectivity index (χ2n) is 6.51. The molecule has 0 spiro atoms. The van der Waals surface area contributed by atoms with Gasteiger partial charge in [-0.3, -0.25) is 10.0 Å². The summed E-state index contributed by atoms with van der Waals surface area (Å²) in [6.07, 6.45) is -0.702. The van der Waals surface area contributed by atoms with Gasteiger partial charge in [0.05, 0.1) is 10.6 Å². The maximum absolute atomic E-state index is 12.9. The predicted molar refractivity (Wildman–Crippen MR) is 110 cm³/mol. The molecule has 1 unspecified atom stereocenters. The van der Waals surface area contributed by atoms with Crippen LogP contribution in [0.4, 0.5) is 29.3 Å². The van der Waals surface area contributed by atoms with Gasteiger partial charge in [0.2, 0.25) is 5.91 Å². The first-order valence-corrected chi connectivity index (χ1v) is 9.30. The van der Waals surface area contributed by atoms with Gasteiger partial charge in [-0.25, -0.2) is 9.86 Å². The van der Waals surface area contributed by atoms with Crippen molar-refractivity contribution in [1.29, 1.82) is 0 Å². The topological polar surface area (TPSA) is 117 Å². The second-order valence-corrected chi connectivity index (χ2v) is 6.92. The number of allylic oxidation sites excluding steroid dienone is 1. The average Bonchev–Trinajstić information content (AvgIpc) is 2.71. The summed E-state index contributed by atoms with van der Waals surface area (Å²) in [5, 5.41) is 14.5. The van der Waals surface area contributed by atoms with Gasteiger partial charge in [0.25, 0.3) is 0 Å². The highest BCUT2D eigenvalue weighted by molar-refractivity contribution is 6.31. The Morgan fingerprint density at radius 1 is 1.09 bits per heavy atom. The highest BCUT2D eigenvalue weighted by Gasteiger charge is 2.33. The van der Waals surface area contributed by atoms with Crippen molar-refractivity contribution in [1.82, 2.24) is 5.06 Å². The maximum Gasteiger partial charge on any atom is 0.417 e. The van der Waals surface area contributed by atoms with Crippen molar-refractivity contribution in [3.63, 3.8) is 0 Å². The smallest absolute Gasteiger partial charge is 0.417 e. The number of urea groups is 1. The van der Waals surface area contributed by atoms with Crippen LogP contribution in [0.2, 0.25) is 5.02 Å². The van der Waals surface area contributed by atoms with E-state index in [1.165, 1.54) is 48.7 Å². The highest BCUT2D eigenvalue weighted by Crippen LogP contribution is 2.36. The van der Waals surface area contributed by atoms with Gasteiger partial charge in [0.15, 0.2) is 6.04 Å². The summed E-state index contributed by atoms with van der Waals surface area (Å²) in [6, 6.07) is 7.19. The fraction of sp³-hybridized carbons (Fsp3) is 0.100. The largest absolute Gasteiger partial charge is 0.458 e. The number of primary amides is 1. The van der Waals surface area contributed by atoms with Gasteiger partial charge in [-0.1, -0.05) is 11.6 Å². The van der Waals surface area contributed by atoms with Crippen LogP contribution < -0.4 is 21.1 Å². The minimum absolute atomic E-state index is 0.0860. The zero-order valence-electron chi connectivity index (χ0n) is 16.1. The lowest BCUT2D eigenvalue weighted by atomic mass is 10.2. The fourth-order valence-electron chi connectivity index (χ4n) is 2.67. The van der Waals surface area contributed by atoms with Gasteiger partial charge in [0, 0.05) is 17.6 Å². The van der Waals surface area contributed by atoms with E-state index >= 15 is 0 Å². The van der Waals surface area contributed by atoms with E-state index < -0.39 is 34.7 Å². The van der Waals surface area contributed by atoms with Crippen molar-refractivity contribution in [2.75, 3.05) is 10.6 Å². The average molecular weight is 469 g/mol. The number of rotatable bonds is 5. The number of carbonyl (C=O) groups excluding carboxylic acids is 2. The summed E-state index contributed by atoms with van der Waals surface area (Å²) in [7, 11) is 0. The molecule has 32 heavy (non-hydrogen) atoms. The predicted octanol–water partition coefficient (Wildman–Crippen LogP) is 4.34. The van der Waals surface area contributed by atoms with Crippen molar-refractivity contribution in [2.45, 2.75) is 12.2 Å². The monoisotopic (exact) mass is 468 g/mol. The molecule has 1 aliphatic rings. The van der Waals surface area contributed by atoms with Gasteiger partial charge in [-0.2, -0.15) is 13.2 Å². The number of nitrogens with zero attached hydrogens (tertiary/aromatic N) is 1. The Labute approximate surface area is 184 Å². The number of hydrogen-bond donors (Lipinski definition) is 4. The summed E-state index contributed by atoms with van der Waals surface area (Å²) >= 11 is 5.56. The molecule has 1 aliphatic heterocycles. The Balaban J connectivity index is 1.61. The third kappa shape index (κ3) is 5.71. The van der Waals surface area contributed by atoms with E-state index in [1.807, 2.05) is 0 Å². The number of hydroxylamine groups is 2. The molecule has 0 aliphatic carbocycles. The molecule has 168 valence electrons. The van der Waals surface area contributed by atoms with Crippen LogP contribution in [0.1, 0.15) is 5.56 Å². The molecule has 1 heterocycles. The van der Waals surface area contributed by atoms with E-state index in [9.17, 15) is 28.0 Å². The van der Waals surface area contributed by atoms with E-state index in [-0.39, 0.29) is 11.4 Å². The number of hydrogen-bond acceptors (Lipinski definition) is 5. The standard InChI is InChI=1S/C20H16ClF3N4O4/c21-16-6-3-12(9-15(16)20(22,23)24)27-19(30)26-11-1-4-13(5-2-11)32-14-7-8-28(31)17(10-14)18(25)29/h1-10,17,31H,(H2,25,29)(H2,26,27,30). The number of carbonyl (C=O) groups is 2. The quantitative estimate of drug-likeness (QED) is 0.521. The SMILES string of the molecule is NC(=O)C1C=C(Oc2ccc(NC(=O)Nc3ccc(Cl)c(C(F)(F)F)c3)cc2)C=CN1O. The Hall–Kier alpha value is -3.70. The summed E-state index contributed by atoms with van der Waals surface area (Å²) < 4.78 is 44.4. The Morgan fingerprint density at radius 3 is 2.34 bits per heavy atom. The van der Waals surface area contributed by atoms with E-state index in [0.29, 0.717) is 16.5 Å². The number of amides is 3. The van der Waals surface area contributed by atoms with Crippen molar-refractivity contribution in [2.24, 2.45) is 5.73 Å². The molecule has 0 bridgehead atoms. The minimum atomic E-state index is -4.66. The number of nitrogens with two attached hydrogens (primary N) is 1. The molecule has 2 aromatic rings. The first-order chi connectivity index (χ1) is 15.0. The lowest BCUT2D eigenvalue weighted by Crippen LogP contribution is -2.40. The van der Waals surface area contributed by atoms with Crippen LogP contribution in [0, 0.1) is 0 Å². The number of ether oxygens (including phenoxy) is 1. The molecule has 3 rings (SSSR count). The third-order valence-corrected chi connectivity index (χ3v) is 4.50. The fourth-order valence-corrected chi connectivity index (χ4v) is 2.89. The first-order valence-electron chi connectivity index (χ1n) is 8.92. The molecule has 0 aromatic heterocycles. The molecular formula is C20H16ClF3N4O4. The third-order valence-electron chi connectivity index (χ3n) is 4.17. The zero-order chi connectivity index (χ0) is 23.5. The van der Waals surface area contributed by atoms with Gasteiger partial charge in [-0.05, 0) is 54.6 Å². The molecule has 5 N–H and O–H groups in total. The van der Waals surface area contributed by atoms with Gasteiger partial charge >= 0.3 is 12.2 Å². The number of nitrogens with one attached hydrogen (secondary N) is 2. The van der Waals surface area contributed by atoms with Crippen molar-refractivity contribution < 1.29 is 32.7 Å². The minimum Gasteiger partial charge on any atom is -0.458 e. The van der Waals surface area contributed by atoms with E-state index in [2.05, 4.69) is 10.6 Å². The van der Waals surface area contributed by atoms with Crippen LogP contribution in [0.15, 0.2) is 66.6 Å². The summed E-state index contributed by atoms with van der Waals surface area (Å²) in [4.78, 5) is 23.4. The molecule has 0 saturated heterocycles. The molecule has 8 nitrogen and oxygen atoms in total. The Morgan fingerprint density at radius 2 is 1.72 bits per heavy atom. The van der Waals surface area contributed by atoms with Gasteiger partial charge in [-0.15, -0.1) is 0 Å². The number of alkyl halides is 3. The summed E-state index contributed by atoms with van der Waals surface area (Å²) in [6.45, 7) is 0. The molecule has 0 radical (unpaired) electrons. The molecule has 3 amide bonds. The lowest BCUT2D eigenvalue weighted by molar-refractivity contribution is -0.137. The Bertz CT molecular complexity index is 1090. The zero-order valence-corrected chi connectivity index (χ0v) is 16.8. The summed E-state index contributed by atoms with van der Waals surface area (Å²) in [5.41, 5.74) is 4.38. The molecule has 0 fully saturated rings. The molecule has 12 heteroatoms. The van der Waals surface area contributed by atoms with Gasteiger partial charge in [0.1, 0.15) is 11.5 Å². The lowest BCUT2D eigenvalue weighted by Gasteiger charge is -2.23. The molecule has 0 saturated carbocycles. The van der Waals surface area contributed by atoms with E-state index in [0.717, 1.165) is 12.1 Å². The van der Waals surface area contributed by atoms with Crippen LogP contribution in [0.3, 0.4) is 0 Å². The first kappa shape index (κ1) is 23.0. The highest BCUT2D eigenvalue weighted by atomic mass is 35.5. The second kappa shape index (κ2) is 9.20. The van der Waals surface area contributed by atoms with Crippen molar-refractivity contribution >= 4 is 34.9 Å². The van der Waals surface area contributed by atoms with Crippen molar-refractivity contribution in [3.05, 3.63) is 77.2 Å². The molecule has 2 aromatic carbocycles. The molecular weight excluding hydrogens is 453 g/mol. The molecule has 1 atom stereocenters. The van der Waals surface area contributed by atoms with E-state index in [4.69, 9.17) is 22.1 Å². The van der Waals surface area contributed by atoms with Crippen molar-refractivity contribution in [3.8, 4) is 5.75 Å². The summed E-state index contributed by atoms with van der Waals surface area (Å²) in [5.74, 6) is -0.152. The Kier molecular flexibility index (Phi) is 6.61. The van der Waals surface area contributed by atoms with Gasteiger partial charge < -0.3 is 21.1 Å². The van der Waals surface area contributed by atoms with Crippen LogP contribution >= 0.6 is 11.6 Å². The number of halogens is 4. The number of benzene rings is 2. The normalized spacial score (nSPS) is 15.7. The van der Waals surface area contributed by atoms with E-state index in [1.54, 1.807) is 0 Å². The maximum atomic E-state index is 12.9. The number of anilines is 2. The van der Waals surface area contributed by atoms with Crippen LogP contribution in [-0.4, -0.2) is 28.3 Å². The van der Waals surface area contributed by atoms with Crippen LogP contribution in [0.25, 0.3) is 0 Å². The van der Waals surface area contributed by atoms with Crippen LogP contribution in [0.5, 0.6) is 5.75 Å². The van der Waals surface area contributed by atoms with Crippen LogP contribution in [-0.2, 0) is 11.0 Å².